The van der Waals surface area contributed by atoms with Crippen molar-refractivity contribution in [2.24, 2.45) is 5.92 Å². The molecule has 0 bridgehead atoms. The second-order valence-electron chi connectivity index (χ2n) is 6.30. The lowest BCUT2D eigenvalue weighted by molar-refractivity contribution is -0.162. The van der Waals surface area contributed by atoms with E-state index in [2.05, 4.69) is 4.74 Å². The molecule has 2 rings (SSSR count). The molecule has 11 heteroatoms. The maximum atomic E-state index is 12.7. The van der Waals surface area contributed by atoms with E-state index in [1.807, 2.05) is 0 Å². The number of benzene rings is 1. The van der Waals surface area contributed by atoms with Crippen LogP contribution in [0.5, 0.6) is 17.2 Å². The summed E-state index contributed by atoms with van der Waals surface area (Å²) in [5.41, 5.74) is -0.755. The predicted octanol–water partition coefficient (Wildman–Crippen LogP) is 0.731. The second kappa shape index (κ2) is 9.33. The van der Waals surface area contributed by atoms with Gasteiger partial charge in [-0.25, -0.2) is 9.59 Å². The molecule has 0 spiro atoms. The van der Waals surface area contributed by atoms with Gasteiger partial charge in [-0.15, -0.1) is 0 Å². The minimum absolute atomic E-state index is 0.0627. The monoisotopic (exact) mass is 426 g/mol. The van der Waals surface area contributed by atoms with Crippen molar-refractivity contribution in [3.05, 3.63) is 17.2 Å². The van der Waals surface area contributed by atoms with Crippen LogP contribution in [0.25, 0.3) is 0 Å². The fourth-order valence-corrected chi connectivity index (χ4v) is 3.27. The highest BCUT2D eigenvalue weighted by Gasteiger charge is 2.50. The van der Waals surface area contributed by atoms with Crippen molar-refractivity contribution in [1.82, 2.24) is 0 Å². The quantitative estimate of drug-likeness (QED) is 0.319. The third kappa shape index (κ3) is 4.24. The molecule has 1 aromatic carbocycles. The molecular formula is C19H22O11. The van der Waals surface area contributed by atoms with E-state index in [1.54, 1.807) is 0 Å². The van der Waals surface area contributed by atoms with Crippen molar-refractivity contribution in [3.63, 3.8) is 0 Å². The highest BCUT2D eigenvalue weighted by atomic mass is 16.6. The van der Waals surface area contributed by atoms with E-state index in [-0.39, 0.29) is 18.8 Å². The van der Waals surface area contributed by atoms with Crippen LogP contribution in [-0.2, 0) is 33.3 Å². The third-order valence-corrected chi connectivity index (χ3v) is 4.56. The van der Waals surface area contributed by atoms with Crippen molar-refractivity contribution >= 4 is 23.9 Å². The first-order valence-electron chi connectivity index (χ1n) is 9.06. The van der Waals surface area contributed by atoms with Crippen LogP contribution in [0.2, 0.25) is 0 Å². The molecule has 3 atom stereocenters. The van der Waals surface area contributed by atoms with E-state index in [1.165, 1.54) is 13.8 Å². The number of phenolic OH excluding ortho intramolecular Hbond substituents is 3. The maximum absolute atomic E-state index is 12.7. The smallest absolute Gasteiger partial charge is 0.348 e. The summed E-state index contributed by atoms with van der Waals surface area (Å²) >= 11 is 0. The molecule has 1 aliphatic rings. The molecule has 0 saturated carbocycles. The molecule has 0 amide bonds. The topological polar surface area (TPSA) is 166 Å². The van der Waals surface area contributed by atoms with Crippen LogP contribution in [0.15, 0.2) is 6.07 Å². The molecule has 0 aliphatic carbocycles. The molecule has 0 unspecified atom stereocenters. The number of esters is 4. The largest absolute Gasteiger partial charge is 0.504 e. The van der Waals surface area contributed by atoms with Gasteiger partial charge < -0.3 is 34.3 Å². The zero-order valence-electron chi connectivity index (χ0n) is 16.5. The summed E-state index contributed by atoms with van der Waals surface area (Å²) in [5.74, 6) is -9.57. The van der Waals surface area contributed by atoms with Crippen LogP contribution in [0.1, 0.15) is 42.1 Å². The number of aromatic hydroxyl groups is 3. The van der Waals surface area contributed by atoms with Crippen LogP contribution >= 0.6 is 0 Å². The molecule has 0 saturated heterocycles. The first kappa shape index (κ1) is 22.8. The van der Waals surface area contributed by atoms with Gasteiger partial charge in [-0.1, -0.05) is 0 Å². The lowest BCUT2D eigenvalue weighted by Crippen LogP contribution is -2.45. The lowest BCUT2D eigenvalue weighted by Gasteiger charge is -2.35. The Hall–Kier alpha value is -3.50. The van der Waals surface area contributed by atoms with Gasteiger partial charge in [0.05, 0.1) is 44.1 Å². The molecule has 1 aromatic rings. The Labute approximate surface area is 171 Å². The number of hydrogen-bond acceptors (Lipinski definition) is 11. The Morgan fingerprint density at radius 1 is 1.10 bits per heavy atom. The average Bonchev–Trinajstić information content (AvgIpc) is 2.71. The SMILES string of the molecule is CCOC(=O)[C@@H](CC(=O)OC)[C@H]1c2c(cc(O)c(O)c2O)C(=O)O[C@@H]1C(=O)OCC. The second-order valence-corrected chi connectivity index (χ2v) is 6.30. The van der Waals surface area contributed by atoms with E-state index >= 15 is 0 Å². The third-order valence-electron chi connectivity index (χ3n) is 4.56. The standard InChI is InChI=1S/C19H22O11/c1-4-28-17(24)9(7-11(21)27-3)13-12-8(6-10(20)14(22)15(12)23)18(25)30-16(13)19(26)29-5-2/h6,9,13,16,20,22-23H,4-5,7H2,1-3H3/t9-,13-,16-/m0/s1. The van der Waals surface area contributed by atoms with E-state index in [9.17, 15) is 34.5 Å². The van der Waals surface area contributed by atoms with Gasteiger partial charge in [0.2, 0.25) is 11.9 Å². The van der Waals surface area contributed by atoms with Crippen LogP contribution in [0.3, 0.4) is 0 Å². The molecule has 30 heavy (non-hydrogen) atoms. The molecule has 164 valence electrons. The average molecular weight is 426 g/mol. The molecule has 0 aromatic heterocycles. The zero-order chi connectivity index (χ0) is 22.6. The Kier molecular flexibility index (Phi) is 7.09. The summed E-state index contributed by atoms with van der Waals surface area (Å²) in [6.07, 6.45) is -2.33. The highest BCUT2D eigenvalue weighted by molar-refractivity contribution is 5.98. The molecule has 1 aliphatic heterocycles. The predicted molar refractivity (Wildman–Crippen MR) is 96.8 cm³/mol. The molecule has 0 radical (unpaired) electrons. The number of carbonyl (C=O) groups is 4. The number of rotatable bonds is 7. The van der Waals surface area contributed by atoms with Crippen molar-refractivity contribution in [2.45, 2.75) is 32.3 Å². The summed E-state index contributed by atoms with van der Waals surface area (Å²) in [7, 11) is 1.09. The van der Waals surface area contributed by atoms with Gasteiger partial charge in [0, 0.05) is 5.56 Å². The van der Waals surface area contributed by atoms with Gasteiger partial charge in [0.15, 0.2) is 11.5 Å². The van der Waals surface area contributed by atoms with Crippen LogP contribution < -0.4 is 0 Å². The Bertz CT molecular complexity index is 861. The van der Waals surface area contributed by atoms with Crippen LogP contribution in [0.4, 0.5) is 0 Å². The summed E-state index contributed by atoms with van der Waals surface area (Å²) in [6, 6.07) is 0.821. The van der Waals surface area contributed by atoms with Crippen molar-refractivity contribution < 1.29 is 53.4 Å². The normalized spacial score (nSPS) is 18.6. The zero-order valence-corrected chi connectivity index (χ0v) is 16.5. The minimum atomic E-state index is -1.74. The molecule has 0 fully saturated rings. The Balaban J connectivity index is 2.75. The maximum Gasteiger partial charge on any atom is 0.348 e. The Morgan fingerprint density at radius 2 is 1.73 bits per heavy atom. The molecular weight excluding hydrogens is 404 g/mol. The number of ether oxygens (including phenoxy) is 4. The fourth-order valence-electron chi connectivity index (χ4n) is 3.27. The number of cyclic esters (lactones) is 1. The number of phenols is 3. The number of methoxy groups -OCH3 is 1. The first-order valence-corrected chi connectivity index (χ1v) is 9.06. The molecule has 1 heterocycles. The van der Waals surface area contributed by atoms with Crippen LogP contribution in [-0.4, -0.2) is 65.6 Å². The summed E-state index contributed by atoms with van der Waals surface area (Å²) in [6.45, 7) is 2.88. The number of hydrogen-bond donors (Lipinski definition) is 3. The highest BCUT2D eigenvalue weighted by Crippen LogP contribution is 2.49. The molecule has 11 nitrogen and oxygen atoms in total. The number of fused-ring (bicyclic) bond motifs is 1. The minimum Gasteiger partial charge on any atom is -0.504 e. The first-order chi connectivity index (χ1) is 14.2. The summed E-state index contributed by atoms with van der Waals surface area (Å²) < 4.78 is 19.6. The summed E-state index contributed by atoms with van der Waals surface area (Å²) in [4.78, 5) is 49.5. The van der Waals surface area contributed by atoms with E-state index in [4.69, 9.17) is 14.2 Å². The lowest BCUT2D eigenvalue weighted by atomic mass is 9.76. The van der Waals surface area contributed by atoms with E-state index < -0.39 is 71.0 Å². The fraction of sp³-hybridized carbons (Fsp3) is 0.474. The van der Waals surface area contributed by atoms with Crippen molar-refractivity contribution in [3.8, 4) is 17.2 Å². The van der Waals surface area contributed by atoms with Crippen molar-refractivity contribution in [2.75, 3.05) is 20.3 Å². The van der Waals surface area contributed by atoms with Gasteiger partial charge in [-0.05, 0) is 19.9 Å². The Morgan fingerprint density at radius 3 is 2.30 bits per heavy atom. The van der Waals surface area contributed by atoms with Gasteiger partial charge in [-0.3, -0.25) is 9.59 Å². The van der Waals surface area contributed by atoms with E-state index in [0.29, 0.717) is 0 Å². The van der Waals surface area contributed by atoms with Gasteiger partial charge in [0.1, 0.15) is 0 Å². The van der Waals surface area contributed by atoms with E-state index in [0.717, 1.165) is 13.2 Å². The number of carbonyl (C=O) groups excluding carboxylic acids is 4. The van der Waals surface area contributed by atoms with Crippen molar-refractivity contribution in [1.29, 1.82) is 0 Å². The summed E-state index contributed by atoms with van der Waals surface area (Å²) in [5, 5.41) is 30.2. The van der Waals surface area contributed by atoms with Gasteiger partial charge in [-0.2, -0.15) is 0 Å². The van der Waals surface area contributed by atoms with Gasteiger partial charge >= 0.3 is 23.9 Å². The van der Waals surface area contributed by atoms with Crippen LogP contribution in [0, 0.1) is 5.92 Å². The molecule has 3 N–H and O–H groups in total. The van der Waals surface area contributed by atoms with Gasteiger partial charge in [0.25, 0.3) is 0 Å².